The van der Waals surface area contributed by atoms with E-state index >= 15 is 0 Å². The fourth-order valence-electron chi connectivity index (χ4n) is 16.2. The molecule has 0 aliphatic heterocycles. The van der Waals surface area contributed by atoms with Crippen LogP contribution in [-0.2, 0) is 13.6 Å². The van der Waals surface area contributed by atoms with Crippen LogP contribution < -0.4 is 30.2 Å². The Kier molecular flexibility index (Phi) is 24.3. The normalized spacial score (nSPS) is 17.6. The molecule has 0 aromatic heterocycles. The summed E-state index contributed by atoms with van der Waals surface area (Å²) in [6, 6.07) is 104. The van der Waals surface area contributed by atoms with Crippen LogP contribution in [-0.4, -0.2) is 77.7 Å². The van der Waals surface area contributed by atoms with E-state index in [1.54, 1.807) is 0 Å². The molecule has 0 bridgehead atoms. The molecule has 7 nitrogen and oxygen atoms in total. The topological polar surface area (TPSA) is 86.6 Å². The number of rotatable bonds is 32. The first-order valence-electron chi connectivity index (χ1n) is 36.5. The fraction of sp³-hybridized carbons (Fsp3) is 0.333. The largest absolute Gasteiger partial charge is 0.493 e. The molecule has 6 atom stereocenters. The second-order valence-corrected chi connectivity index (χ2v) is 37.9. The lowest BCUT2D eigenvalue weighted by Crippen LogP contribution is -2.78. The van der Waals surface area contributed by atoms with Crippen LogP contribution in [0.3, 0.4) is 0 Å². The molecule has 512 valence electrons. The van der Waals surface area contributed by atoms with Crippen LogP contribution in [0.2, 0.25) is 10.1 Å². The van der Waals surface area contributed by atoms with Crippen LogP contribution in [0.1, 0.15) is 150 Å². The van der Waals surface area contributed by atoms with Crippen molar-refractivity contribution in [3.8, 4) is 11.5 Å². The van der Waals surface area contributed by atoms with E-state index in [9.17, 15) is 10.2 Å². The molecule has 2 aliphatic carbocycles. The van der Waals surface area contributed by atoms with Crippen molar-refractivity contribution in [2.75, 3.05) is 26.4 Å². The van der Waals surface area contributed by atoms with E-state index in [0.29, 0.717) is 50.7 Å². The number of benzene rings is 10. The van der Waals surface area contributed by atoms with Gasteiger partial charge in [-0.25, -0.2) is 0 Å². The van der Waals surface area contributed by atoms with Gasteiger partial charge in [0, 0.05) is 11.8 Å². The molecule has 10 aromatic carbocycles. The second kappa shape index (κ2) is 33.9. The molecule has 2 N–H and O–H groups in total. The Morgan fingerprint density at radius 2 is 0.636 bits per heavy atom. The monoisotopic (exact) mass is 1350 g/mol. The molecule has 0 amide bonds. The van der Waals surface area contributed by atoms with E-state index in [1.165, 1.54) is 54.1 Å². The standard InChI is InChI=1S/C90H102O7Si2/c1-89(2,59-57-77(91)67-95-79-45-29-33-69(61-79)65-93-81-47-31-43-75(63-81)87(71-35-13-5-14-36-71)72-37-15-6-16-38-72)98(83-49-21-9-22-50-83,84-51-23-10-24-52-84)97-99(85-53-25-11-26-54-85,86-55-27-12-28-56-86)90(3,4)60-58-78(92)68-96-80-46-30-34-70(62-80)66-94-82-48-32-44-76(64-82)88(73-39-17-7-18-40-73)74-41-19-8-20-42-74/h5-28,31-32,35-44,47-56,63-64,69-70,77-80,87-88,91-92H,29-30,33-34,45-46,57-62,65-68H2,1-4H3/t69-,70-,77-,78-,79+,80+/m0/s1. The molecule has 9 heteroatoms. The van der Waals surface area contributed by atoms with Gasteiger partial charge in [0.15, 0.2) is 0 Å². The van der Waals surface area contributed by atoms with Crippen molar-refractivity contribution in [1.82, 2.24) is 0 Å². The highest BCUT2D eigenvalue weighted by Crippen LogP contribution is 2.50. The number of hydrogen-bond acceptors (Lipinski definition) is 7. The van der Waals surface area contributed by atoms with Gasteiger partial charge in [-0.15, -0.1) is 0 Å². The van der Waals surface area contributed by atoms with Gasteiger partial charge in [0.05, 0.1) is 50.8 Å². The predicted octanol–water partition coefficient (Wildman–Crippen LogP) is 18.0. The lowest BCUT2D eigenvalue weighted by molar-refractivity contribution is -0.0393. The average molecular weight is 1350 g/mol. The third-order valence-electron chi connectivity index (χ3n) is 21.5. The molecule has 12 rings (SSSR count). The third-order valence-corrected chi connectivity index (χ3v) is 32.9. The molecule has 2 fully saturated rings. The van der Waals surface area contributed by atoms with E-state index in [-0.39, 0.29) is 37.3 Å². The molecule has 0 heterocycles. The molecule has 0 radical (unpaired) electrons. The third kappa shape index (κ3) is 17.4. The Morgan fingerprint density at radius 1 is 0.354 bits per heavy atom. The maximum atomic E-state index is 12.2. The first-order chi connectivity index (χ1) is 48.4. The zero-order chi connectivity index (χ0) is 68.3. The molecule has 2 aliphatic rings. The Bertz CT molecular complexity index is 3580. The Morgan fingerprint density at radius 3 is 0.939 bits per heavy atom. The van der Waals surface area contributed by atoms with E-state index in [1.807, 2.05) is 0 Å². The smallest absolute Gasteiger partial charge is 0.251 e. The average Bonchev–Trinajstić information content (AvgIpc) is 0.704. The summed E-state index contributed by atoms with van der Waals surface area (Å²) in [5, 5.41) is 28.3. The predicted molar refractivity (Wildman–Crippen MR) is 410 cm³/mol. The minimum atomic E-state index is -3.47. The van der Waals surface area contributed by atoms with Crippen LogP contribution >= 0.6 is 0 Å². The summed E-state index contributed by atoms with van der Waals surface area (Å²) in [5.41, 5.74) is 7.43. The summed E-state index contributed by atoms with van der Waals surface area (Å²) in [6.45, 7) is 11.4. The minimum Gasteiger partial charge on any atom is -0.493 e. The molecular weight excluding hydrogens is 1250 g/mol. The highest BCUT2D eigenvalue weighted by atomic mass is 28.4. The van der Waals surface area contributed by atoms with E-state index in [2.05, 4.69) is 319 Å². The minimum absolute atomic E-state index is 0.0445. The summed E-state index contributed by atoms with van der Waals surface area (Å²) >= 11 is 0. The van der Waals surface area contributed by atoms with Gasteiger partial charge in [-0.05, 0) is 165 Å². The van der Waals surface area contributed by atoms with E-state index < -0.39 is 38.9 Å². The van der Waals surface area contributed by atoms with Crippen LogP contribution in [0.25, 0.3) is 0 Å². The van der Waals surface area contributed by atoms with Crippen LogP contribution in [0.15, 0.2) is 291 Å². The van der Waals surface area contributed by atoms with Gasteiger partial charge in [0.2, 0.25) is 0 Å². The Labute approximate surface area is 592 Å². The maximum absolute atomic E-state index is 12.2. The Hall–Kier alpha value is -7.97. The van der Waals surface area contributed by atoms with Crippen molar-refractivity contribution in [3.05, 3.63) is 325 Å². The Balaban J connectivity index is 0.725. The summed E-state index contributed by atoms with van der Waals surface area (Å²) < 4.78 is 35.7. The second-order valence-electron chi connectivity index (χ2n) is 29.3. The molecule has 2 saturated carbocycles. The molecule has 0 unspecified atom stereocenters. The molecule has 99 heavy (non-hydrogen) atoms. The van der Waals surface area contributed by atoms with Crippen molar-refractivity contribution in [2.45, 2.75) is 151 Å². The van der Waals surface area contributed by atoms with Gasteiger partial charge in [0.1, 0.15) is 11.5 Å². The molecule has 0 spiro atoms. The van der Waals surface area contributed by atoms with Crippen molar-refractivity contribution < 1.29 is 33.3 Å². The molecule has 0 saturated heterocycles. The van der Waals surface area contributed by atoms with Crippen molar-refractivity contribution in [2.24, 2.45) is 11.8 Å². The zero-order valence-electron chi connectivity index (χ0n) is 58.6. The fourth-order valence-corrected chi connectivity index (χ4v) is 29.6. The van der Waals surface area contributed by atoms with Crippen molar-refractivity contribution >= 4 is 37.4 Å². The number of hydrogen-bond donors (Lipinski definition) is 2. The van der Waals surface area contributed by atoms with Crippen LogP contribution in [0.4, 0.5) is 0 Å². The van der Waals surface area contributed by atoms with Crippen LogP contribution in [0, 0.1) is 11.8 Å². The summed E-state index contributed by atoms with van der Waals surface area (Å²) in [7, 11) is -6.93. The van der Waals surface area contributed by atoms with Gasteiger partial charge < -0.3 is 33.3 Å². The van der Waals surface area contributed by atoms with Crippen molar-refractivity contribution in [1.29, 1.82) is 0 Å². The quantitative estimate of drug-likeness (QED) is 0.0321. The molecule has 10 aromatic rings. The highest BCUT2D eigenvalue weighted by Gasteiger charge is 2.62. The lowest BCUT2D eigenvalue weighted by atomic mass is 9.85. The lowest BCUT2D eigenvalue weighted by Gasteiger charge is -2.55. The van der Waals surface area contributed by atoms with E-state index in [4.69, 9.17) is 23.1 Å². The number of aliphatic hydroxyl groups excluding tert-OH is 2. The number of ether oxygens (including phenoxy) is 4. The zero-order valence-corrected chi connectivity index (χ0v) is 60.6. The summed E-state index contributed by atoms with van der Waals surface area (Å²) in [6.07, 6.45) is 9.23. The summed E-state index contributed by atoms with van der Waals surface area (Å²) in [5.74, 6) is 2.67. The van der Waals surface area contributed by atoms with Gasteiger partial charge in [-0.1, -0.05) is 307 Å². The first-order valence-corrected chi connectivity index (χ1v) is 40.4. The van der Waals surface area contributed by atoms with E-state index in [0.717, 1.165) is 62.9 Å². The van der Waals surface area contributed by atoms with Crippen molar-refractivity contribution in [3.63, 3.8) is 0 Å². The number of aliphatic hydroxyl groups is 2. The van der Waals surface area contributed by atoms with Gasteiger partial charge in [-0.2, -0.15) is 0 Å². The van der Waals surface area contributed by atoms with Gasteiger partial charge in [-0.3, -0.25) is 0 Å². The highest BCUT2D eigenvalue weighted by molar-refractivity contribution is 7.11. The van der Waals surface area contributed by atoms with Gasteiger partial charge in [0.25, 0.3) is 16.6 Å². The van der Waals surface area contributed by atoms with Crippen LogP contribution in [0.5, 0.6) is 11.5 Å². The first kappa shape index (κ1) is 70.9. The van der Waals surface area contributed by atoms with Gasteiger partial charge >= 0.3 is 0 Å². The SMILES string of the molecule is CC(C)(CC[C@H](O)CO[C@@H]1CCC[C@H](COc2cccc(C(c3ccccc3)c3ccccc3)c2)C1)[Si](O[Si](c1ccccc1)(c1ccccc1)C(C)(C)CC[C@H](O)CO[C@@H]1CCC[C@H](COc2cccc(C(c3ccccc3)c3ccccc3)c2)C1)(c1ccccc1)c1ccccc1. The summed E-state index contributed by atoms with van der Waals surface area (Å²) in [4.78, 5) is 0. The maximum Gasteiger partial charge on any atom is 0.251 e. The molecular formula is C90H102O7Si2.